The average molecular weight is 408 g/mol. The molecule has 0 bridgehead atoms. The van der Waals surface area contributed by atoms with Gasteiger partial charge in [-0.1, -0.05) is 11.6 Å². The van der Waals surface area contributed by atoms with Crippen molar-refractivity contribution in [3.63, 3.8) is 0 Å². The molecule has 142 valence electrons. The normalized spacial score (nSPS) is 17.2. The first-order chi connectivity index (χ1) is 12.8. The Morgan fingerprint density at radius 2 is 1.74 bits per heavy atom. The van der Waals surface area contributed by atoms with E-state index >= 15 is 0 Å². The number of sulfonamides is 1. The van der Waals surface area contributed by atoms with E-state index in [1.54, 1.807) is 29.2 Å². The van der Waals surface area contributed by atoms with Crippen molar-refractivity contribution in [3.05, 3.63) is 53.6 Å². The summed E-state index contributed by atoms with van der Waals surface area (Å²) in [6, 6.07) is 12.7. The number of hydrogen-bond acceptors (Lipinski definition) is 4. The summed E-state index contributed by atoms with van der Waals surface area (Å²) in [6.07, 6.45) is 0.112. The number of anilines is 2. The van der Waals surface area contributed by atoms with Crippen molar-refractivity contribution in [2.45, 2.75) is 11.3 Å². The fourth-order valence-corrected chi connectivity index (χ4v) is 3.69. The van der Waals surface area contributed by atoms with Crippen LogP contribution < -0.4 is 14.9 Å². The standard InChI is InChI=1S/C18H18ClN3O4S/c1-20-27(25,26)16-8-4-14(5-9-16)21-18(24)12-10-17(23)22(11-12)15-6-2-13(19)3-7-15/h2-9,12,20H,10-11H2,1H3,(H,21,24)/t12-/m0/s1. The van der Waals surface area contributed by atoms with E-state index < -0.39 is 15.9 Å². The highest BCUT2D eigenvalue weighted by molar-refractivity contribution is 7.89. The van der Waals surface area contributed by atoms with Crippen LogP contribution >= 0.6 is 11.6 Å². The summed E-state index contributed by atoms with van der Waals surface area (Å²) < 4.78 is 25.7. The third-order valence-corrected chi connectivity index (χ3v) is 6.02. The monoisotopic (exact) mass is 407 g/mol. The summed E-state index contributed by atoms with van der Waals surface area (Å²) in [7, 11) is -2.20. The molecule has 0 spiro atoms. The summed E-state index contributed by atoms with van der Waals surface area (Å²) in [5.41, 5.74) is 1.16. The second kappa shape index (κ2) is 7.67. The van der Waals surface area contributed by atoms with Gasteiger partial charge in [0.25, 0.3) is 0 Å². The Labute approximate surface area is 162 Å². The first kappa shape index (κ1) is 19.3. The lowest BCUT2D eigenvalue weighted by atomic mass is 10.1. The summed E-state index contributed by atoms with van der Waals surface area (Å²) in [5.74, 6) is -0.911. The van der Waals surface area contributed by atoms with Crippen LogP contribution in [-0.4, -0.2) is 33.8 Å². The van der Waals surface area contributed by atoms with E-state index in [1.165, 1.54) is 31.3 Å². The van der Waals surface area contributed by atoms with Gasteiger partial charge in [-0.3, -0.25) is 9.59 Å². The van der Waals surface area contributed by atoms with Gasteiger partial charge in [-0.05, 0) is 55.6 Å². The molecule has 1 atom stereocenters. The van der Waals surface area contributed by atoms with Crippen LogP contribution in [-0.2, 0) is 19.6 Å². The zero-order valence-electron chi connectivity index (χ0n) is 14.5. The predicted molar refractivity (Wildman–Crippen MR) is 103 cm³/mol. The van der Waals surface area contributed by atoms with Crippen LogP contribution in [0, 0.1) is 5.92 Å². The molecule has 9 heteroatoms. The van der Waals surface area contributed by atoms with Crippen LogP contribution in [0.1, 0.15) is 6.42 Å². The van der Waals surface area contributed by atoms with Crippen LogP contribution in [0.3, 0.4) is 0 Å². The van der Waals surface area contributed by atoms with Crippen molar-refractivity contribution < 1.29 is 18.0 Å². The fourth-order valence-electron chi connectivity index (χ4n) is 2.83. The minimum atomic E-state index is -3.53. The Hall–Kier alpha value is -2.42. The van der Waals surface area contributed by atoms with E-state index in [-0.39, 0.29) is 29.7 Å². The van der Waals surface area contributed by atoms with Crippen molar-refractivity contribution >= 4 is 44.8 Å². The lowest BCUT2D eigenvalue weighted by Crippen LogP contribution is -2.28. The van der Waals surface area contributed by atoms with E-state index in [0.29, 0.717) is 16.4 Å². The molecule has 27 heavy (non-hydrogen) atoms. The van der Waals surface area contributed by atoms with Crippen LogP contribution in [0.5, 0.6) is 0 Å². The largest absolute Gasteiger partial charge is 0.326 e. The van der Waals surface area contributed by atoms with Crippen molar-refractivity contribution in [2.75, 3.05) is 23.8 Å². The van der Waals surface area contributed by atoms with E-state index in [4.69, 9.17) is 11.6 Å². The quantitative estimate of drug-likeness (QED) is 0.794. The highest BCUT2D eigenvalue weighted by atomic mass is 35.5. The van der Waals surface area contributed by atoms with Gasteiger partial charge in [0, 0.05) is 29.4 Å². The molecule has 1 aliphatic rings. The van der Waals surface area contributed by atoms with E-state index in [9.17, 15) is 18.0 Å². The average Bonchev–Trinajstić information content (AvgIpc) is 3.05. The van der Waals surface area contributed by atoms with E-state index in [0.717, 1.165) is 0 Å². The molecule has 0 aliphatic carbocycles. The second-order valence-corrected chi connectivity index (χ2v) is 8.43. The molecular weight excluding hydrogens is 390 g/mol. The first-order valence-corrected chi connectivity index (χ1v) is 10.1. The molecule has 1 saturated heterocycles. The number of carbonyl (C=O) groups excluding carboxylic acids is 2. The topological polar surface area (TPSA) is 95.6 Å². The number of nitrogens with one attached hydrogen (secondary N) is 2. The van der Waals surface area contributed by atoms with E-state index in [1.807, 2.05) is 0 Å². The molecule has 2 aromatic rings. The van der Waals surface area contributed by atoms with Crippen LogP contribution in [0.2, 0.25) is 5.02 Å². The molecule has 7 nitrogen and oxygen atoms in total. The molecule has 2 N–H and O–H groups in total. The fraction of sp³-hybridized carbons (Fsp3) is 0.222. The summed E-state index contributed by atoms with van der Waals surface area (Å²) >= 11 is 5.86. The van der Waals surface area contributed by atoms with Gasteiger partial charge in [0.05, 0.1) is 10.8 Å². The Morgan fingerprint density at radius 3 is 2.33 bits per heavy atom. The van der Waals surface area contributed by atoms with Crippen molar-refractivity contribution in [1.82, 2.24) is 4.72 Å². The third kappa shape index (κ3) is 4.29. The summed E-state index contributed by atoms with van der Waals surface area (Å²) in [4.78, 5) is 26.4. The lowest BCUT2D eigenvalue weighted by molar-refractivity contribution is -0.122. The van der Waals surface area contributed by atoms with Crippen LogP contribution in [0.15, 0.2) is 53.4 Å². The molecule has 1 heterocycles. The number of amides is 2. The number of halogens is 1. The van der Waals surface area contributed by atoms with Crippen molar-refractivity contribution in [2.24, 2.45) is 5.92 Å². The molecule has 0 saturated carbocycles. The number of carbonyl (C=O) groups is 2. The molecule has 0 radical (unpaired) electrons. The lowest BCUT2D eigenvalue weighted by Gasteiger charge is -2.16. The Morgan fingerprint density at radius 1 is 1.11 bits per heavy atom. The smallest absolute Gasteiger partial charge is 0.240 e. The molecule has 2 aromatic carbocycles. The van der Waals surface area contributed by atoms with Gasteiger partial charge in [-0.2, -0.15) is 0 Å². The van der Waals surface area contributed by atoms with Gasteiger partial charge >= 0.3 is 0 Å². The van der Waals surface area contributed by atoms with Crippen LogP contribution in [0.4, 0.5) is 11.4 Å². The number of benzene rings is 2. The summed E-state index contributed by atoms with van der Waals surface area (Å²) in [6.45, 7) is 0.276. The van der Waals surface area contributed by atoms with Crippen molar-refractivity contribution in [1.29, 1.82) is 0 Å². The van der Waals surface area contributed by atoms with Gasteiger partial charge in [0.2, 0.25) is 21.8 Å². The van der Waals surface area contributed by atoms with Gasteiger partial charge in [-0.15, -0.1) is 0 Å². The zero-order valence-corrected chi connectivity index (χ0v) is 16.0. The Kier molecular flexibility index (Phi) is 5.50. The summed E-state index contributed by atoms with van der Waals surface area (Å²) in [5, 5.41) is 3.30. The maximum absolute atomic E-state index is 12.5. The van der Waals surface area contributed by atoms with Crippen molar-refractivity contribution in [3.8, 4) is 0 Å². The number of rotatable bonds is 5. The van der Waals surface area contributed by atoms with Crippen LogP contribution in [0.25, 0.3) is 0 Å². The maximum Gasteiger partial charge on any atom is 0.240 e. The number of nitrogens with zero attached hydrogens (tertiary/aromatic N) is 1. The SMILES string of the molecule is CNS(=O)(=O)c1ccc(NC(=O)[C@H]2CC(=O)N(c3ccc(Cl)cc3)C2)cc1. The van der Waals surface area contributed by atoms with Gasteiger partial charge in [0.15, 0.2) is 0 Å². The Balaban J connectivity index is 1.66. The Bertz CT molecular complexity index is 959. The maximum atomic E-state index is 12.5. The van der Waals surface area contributed by atoms with E-state index in [2.05, 4.69) is 10.0 Å². The van der Waals surface area contributed by atoms with Gasteiger partial charge in [-0.25, -0.2) is 13.1 Å². The second-order valence-electron chi connectivity index (χ2n) is 6.10. The molecule has 0 aromatic heterocycles. The molecule has 1 aliphatic heterocycles. The zero-order chi connectivity index (χ0) is 19.6. The highest BCUT2D eigenvalue weighted by Crippen LogP contribution is 2.27. The first-order valence-electron chi connectivity index (χ1n) is 8.20. The molecule has 2 amide bonds. The van der Waals surface area contributed by atoms with Gasteiger partial charge < -0.3 is 10.2 Å². The minimum absolute atomic E-state index is 0.105. The minimum Gasteiger partial charge on any atom is -0.326 e. The van der Waals surface area contributed by atoms with Gasteiger partial charge in [0.1, 0.15) is 0 Å². The molecule has 1 fully saturated rings. The predicted octanol–water partition coefficient (Wildman–Crippen LogP) is 2.24. The number of hydrogen-bond donors (Lipinski definition) is 2. The molecule has 0 unspecified atom stereocenters. The molecular formula is C18H18ClN3O4S. The highest BCUT2D eigenvalue weighted by Gasteiger charge is 2.35. The third-order valence-electron chi connectivity index (χ3n) is 4.34. The molecule has 3 rings (SSSR count).